The van der Waals surface area contributed by atoms with Crippen LogP contribution in [0.5, 0.6) is 0 Å². The third-order valence-electron chi connectivity index (χ3n) is 2.88. The number of hydrogen-bond donors (Lipinski definition) is 2. The zero-order valence-electron chi connectivity index (χ0n) is 10.6. The molecule has 1 heterocycles. The molecule has 0 atom stereocenters. The molecule has 0 aliphatic carbocycles. The number of amides is 2. The molecule has 2 rings (SSSR count). The minimum Gasteiger partial charge on any atom is -0.356 e. The number of carbonyl (C=O) groups is 3. The lowest BCUT2D eigenvalue weighted by molar-refractivity contribution is -0.384. The summed E-state index contributed by atoms with van der Waals surface area (Å²) in [6.07, 6.45) is -0.252. The number of carbonyl (C=O) groups excluding carboxylic acids is 3. The van der Waals surface area contributed by atoms with Crippen molar-refractivity contribution < 1.29 is 24.1 Å². The molecule has 21 heavy (non-hydrogen) atoms. The highest BCUT2D eigenvalue weighted by Crippen LogP contribution is 2.26. The molecule has 2 amide bonds. The van der Waals surface area contributed by atoms with E-state index in [9.17, 15) is 24.5 Å². The number of rotatable bonds is 5. The van der Waals surface area contributed by atoms with Gasteiger partial charge >= 0.3 is 5.97 Å². The average Bonchev–Trinajstić information content (AvgIpc) is 2.69. The number of nitrogens with one attached hydrogen (secondary N) is 1. The summed E-state index contributed by atoms with van der Waals surface area (Å²) in [5.41, 5.74) is 1.41. The molecule has 0 unspecified atom stereocenters. The molecule has 0 spiro atoms. The standard InChI is InChI=1S/C11H10N4O6/c12-13-21-9(16)3-4-14-10(17)7-2-1-6(15(19)20)5-8(7)11(14)18/h1-2,5,13H,3-4,12H2. The van der Waals surface area contributed by atoms with E-state index in [4.69, 9.17) is 5.84 Å². The Bertz CT molecular complexity index is 644. The van der Waals surface area contributed by atoms with Gasteiger partial charge in [-0.1, -0.05) is 5.59 Å². The van der Waals surface area contributed by atoms with E-state index in [0.29, 0.717) is 0 Å². The number of non-ortho nitro benzene ring substituents is 1. The van der Waals surface area contributed by atoms with E-state index in [1.807, 2.05) is 0 Å². The maximum Gasteiger partial charge on any atom is 0.328 e. The number of nitro benzene ring substituents is 1. The number of hydrogen-bond acceptors (Lipinski definition) is 8. The second-order valence-corrected chi connectivity index (χ2v) is 4.09. The van der Waals surface area contributed by atoms with Gasteiger partial charge in [-0.25, -0.2) is 5.84 Å². The number of imide groups is 1. The molecule has 1 aliphatic rings. The lowest BCUT2D eigenvalue weighted by Gasteiger charge is -2.12. The molecular weight excluding hydrogens is 284 g/mol. The number of hydrazine groups is 1. The van der Waals surface area contributed by atoms with Crippen LogP contribution in [0.25, 0.3) is 0 Å². The summed E-state index contributed by atoms with van der Waals surface area (Å²) < 4.78 is 0. The highest BCUT2D eigenvalue weighted by Gasteiger charge is 2.36. The van der Waals surface area contributed by atoms with Gasteiger partial charge in [0.15, 0.2) is 0 Å². The molecule has 0 aromatic heterocycles. The van der Waals surface area contributed by atoms with Crippen LogP contribution in [-0.2, 0) is 9.63 Å². The third kappa shape index (κ3) is 2.70. The fourth-order valence-electron chi connectivity index (χ4n) is 1.92. The predicted octanol–water partition coefficient (Wildman–Crippen LogP) is -0.498. The van der Waals surface area contributed by atoms with Gasteiger partial charge < -0.3 is 4.84 Å². The van der Waals surface area contributed by atoms with Crippen LogP contribution in [0.2, 0.25) is 0 Å². The van der Waals surface area contributed by atoms with Crippen LogP contribution >= 0.6 is 0 Å². The Hall–Kier alpha value is -2.85. The Morgan fingerprint density at radius 2 is 2.00 bits per heavy atom. The SMILES string of the molecule is NNOC(=O)CCN1C(=O)c2ccc([N+](=O)[O-])cc2C1=O. The van der Waals surface area contributed by atoms with Crippen molar-refractivity contribution in [2.75, 3.05) is 6.54 Å². The van der Waals surface area contributed by atoms with Crippen LogP contribution in [0.3, 0.4) is 0 Å². The minimum atomic E-state index is -0.750. The first-order valence-corrected chi connectivity index (χ1v) is 5.75. The normalized spacial score (nSPS) is 13.3. The van der Waals surface area contributed by atoms with Gasteiger partial charge in [-0.15, -0.1) is 0 Å². The van der Waals surface area contributed by atoms with Crippen LogP contribution in [0.15, 0.2) is 18.2 Å². The van der Waals surface area contributed by atoms with E-state index in [2.05, 4.69) is 4.84 Å². The van der Waals surface area contributed by atoms with Gasteiger partial charge in [-0.05, 0) is 6.07 Å². The lowest BCUT2D eigenvalue weighted by Crippen LogP contribution is -2.34. The number of nitro groups is 1. The molecule has 0 fully saturated rings. The van der Waals surface area contributed by atoms with Gasteiger partial charge in [0.05, 0.1) is 22.5 Å². The summed E-state index contributed by atoms with van der Waals surface area (Å²) in [6.45, 7) is -0.208. The van der Waals surface area contributed by atoms with Gasteiger partial charge in [0.2, 0.25) is 0 Å². The molecule has 0 saturated carbocycles. The zero-order chi connectivity index (χ0) is 15.6. The summed E-state index contributed by atoms with van der Waals surface area (Å²) >= 11 is 0. The molecule has 110 valence electrons. The first-order valence-electron chi connectivity index (χ1n) is 5.75. The fraction of sp³-hybridized carbons (Fsp3) is 0.182. The second kappa shape index (κ2) is 5.64. The predicted molar refractivity (Wildman–Crippen MR) is 66.5 cm³/mol. The Balaban J connectivity index is 2.18. The smallest absolute Gasteiger partial charge is 0.328 e. The van der Waals surface area contributed by atoms with E-state index in [0.717, 1.165) is 17.0 Å². The second-order valence-electron chi connectivity index (χ2n) is 4.09. The van der Waals surface area contributed by atoms with E-state index in [1.54, 1.807) is 5.59 Å². The summed E-state index contributed by atoms with van der Waals surface area (Å²) in [6, 6.07) is 3.39. The fourth-order valence-corrected chi connectivity index (χ4v) is 1.92. The maximum atomic E-state index is 12.0. The van der Waals surface area contributed by atoms with Gasteiger partial charge in [-0.3, -0.25) is 29.4 Å². The molecule has 10 heteroatoms. The molecule has 1 aromatic carbocycles. The van der Waals surface area contributed by atoms with Crippen molar-refractivity contribution >= 4 is 23.5 Å². The van der Waals surface area contributed by atoms with Crippen molar-refractivity contribution in [1.29, 1.82) is 0 Å². The highest BCUT2D eigenvalue weighted by molar-refractivity contribution is 6.21. The lowest BCUT2D eigenvalue weighted by atomic mass is 10.1. The van der Waals surface area contributed by atoms with Gasteiger partial charge in [0, 0.05) is 18.7 Å². The number of benzene rings is 1. The molecule has 0 radical (unpaired) electrons. The number of nitrogens with zero attached hydrogens (tertiary/aromatic N) is 2. The van der Waals surface area contributed by atoms with Crippen molar-refractivity contribution in [3.05, 3.63) is 39.4 Å². The summed E-state index contributed by atoms with van der Waals surface area (Å²) in [7, 11) is 0. The van der Waals surface area contributed by atoms with Crippen LogP contribution in [0.1, 0.15) is 27.1 Å². The van der Waals surface area contributed by atoms with Crippen molar-refractivity contribution in [1.82, 2.24) is 10.5 Å². The molecule has 1 aromatic rings. The van der Waals surface area contributed by atoms with Crippen molar-refractivity contribution in [2.24, 2.45) is 5.84 Å². The monoisotopic (exact) mass is 294 g/mol. The van der Waals surface area contributed by atoms with Crippen LogP contribution in [0.4, 0.5) is 5.69 Å². The Morgan fingerprint density at radius 1 is 1.33 bits per heavy atom. The molecule has 1 aliphatic heterocycles. The molecule has 0 saturated heterocycles. The molecule has 3 N–H and O–H groups in total. The van der Waals surface area contributed by atoms with Crippen molar-refractivity contribution in [3.63, 3.8) is 0 Å². The molecular formula is C11H10N4O6. The van der Waals surface area contributed by atoms with Crippen LogP contribution in [-0.4, -0.2) is 34.2 Å². The number of nitrogens with two attached hydrogens (primary N) is 1. The summed E-state index contributed by atoms with van der Waals surface area (Å²) in [4.78, 5) is 50.3. The summed E-state index contributed by atoms with van der Waals surface area (Å²) in [5.74, 6) is 2.73. The summed E-state index contributed by atoms with van der Waals surface area (Å²) in [5, 5.41) is 10.7. The van der Waals surface area contributed by atoms with Gasteiger partial charge in [0.1, 0.15) is 0 Å². The first-order chi connectivity index (χ1) is 9.95. The topological polar surface area (TPSA) is 145 Å². The highest BCUT2D eigenvalue weighted by atomic mass is 16.7. The van der Waals surface area contributed by atoms with E-state index in [1.165, 1.54) is 6.07 Å². The minimum absolute atomic E-state index is 0.0560. The average molecular weight is 294 g/mol. The maximum absolute atomic E-state index is 12.0. The van der Waals surface area contributed by atoms with Crippen LogP contribution < -0.4 is 11.4 Å². The van der Waals surface area contributed by atoms with Gasteiger partial charge in [0.25, 0.3) is 17.5 Å². The quantitative estimate of drug-likeness (QED) is 0.320. The Labute approximate surface area is 117 Å². The largest absolute Gasteiger partial charge is 0.356 e. The van der Waals surface area contributed by atoms with E-state index >= 15 is 0 Å². The van der Waals surface area contributed by atoms with Crippen molar-refractivity contribution in [2.45, 2.75) is 6.42 Å². The van der Waals surface area contributed by atoms with E-state index < -0.39 is 22.7 Å². The number of fused-ring (bicyclic) bond motifs is 1. The Morgan fingerprint density at radius 3 is 2.62 bits per heavy atom. The Kier molecular flexibility index (Phi) is 3.91. The zero-order valence-corrected chi connectivity index (χ0v) is 10.6. The molecule has 10 nitrogen and oxygen atoms in total. The van der Waals surface area contributed by atoms with Gasteiger partial charge in [-0.2, -0.15) is 0 Å². The third-order valence-corrected chi connectivity index (χ3v) is 2.88. The van der Waals surface area contributed by atoms with Crippen LogP contribution in [0, 0.1) is 10.1 Å². The van der Waals surface area contributed by atoms with Crippen molar-refractivity contribution in [3.8, 4) is 0 Å². The molecule has 0 bridgehead atoms. The first kappa shape index (κ1) is 14.6. The van der Waals surface area contributed by atoms with E-state index in [-0.39, 0.29) is 29.8 Å².